The van der Waals surface area contributed by atoms with Gasteiger partial charge >= 0.3 is 0 Å². The van der Waals surface area contributed by atoms with Crippen molar-refractivity contribution in [2.24, 2.45) is 0 Å². The molecule has 1 aliphatic heterocycles. The number of aromatic nitrogens is 1. The summed E-state index contributed by atoms with van der Waals surface area (Å²) < 4.78 is 10.3. The van der Waals surface area contributed by atoms with Crippen molar-refractivity contribution in [3.8, 4) is 0 Å². The lowest BCUT2D eigenvalue weighted by Crippen LogP contribution is -2.44. The average molecular weight is 253 g/mol. The fourth-order valence-corrected chi connectivity index (χ4v) is 1.96. The zero-order valence-corrected chi connectivity index (χ0v) is 10.9. The van der Waals surface area contributed by atoms with Gasteiger partial charge in [-0.05, 0) is 14.0 Å². The molecule has 0 atom stereocenters. The van der Waals surface area contributed by atoms with Crippen molar-refractivity contribution < 1.29 is 14.1 Å². The van der Waals surface area contributed by atoms with Crippen molar-refractivity contribution in [2.75, 3.05) is 39.9 Å². The lowest BCUT2D eigenvalue weighted by Gasteiger charge is -2.28. The molecule has 100 valence electrons. The van der Waals surface area contributed by atoms with Crippen LogP contribution < -0.4 is 0 Å². The third-order valence-electron chi connectivity index (χ3n) is 2.87. The molecule has 0 N–H and O–H groups in total. The molecule has 6 nitrogen and oxygen atoms in total. The first-order valence-corrected chi connectivity index (χ1v) is 6.11. The van der Waals surface area contributed by atoms with E-state index in [1.807, 2.05) is 29.8 Å². The third kappa shape index (κ3) is 3.54. The highest BCUT2D eigenvalue weighted by Gasteiger charge is 2.18. The summed E-state index contributed by atoms with van der Waals surface area (Å²) in [7, 11) is 1.90. The molecule has 0 bridgehead atoms. The van der Waals surface area contributed by atoms with Crippen LogP contribution in [0.25, 0.3) is 0 Å². The zero-order valence-electron chi connectivity index (χ0n) is 10.9. The maximum atomic E-state index is 12.0. The van der Waals surface area contributed by atoms with Gasteiger partial charge in [0, 0.05) is 19.2 Å². The lowest BCUT2D eigenvalue weighted by molar-refractivity contribution is -0.136. The molecule has 1 aliphatic rings. The molecular formula is C12H19N3O3. The number of aryl methyl sites for hydroxylation is 1. The van der Waals surface area contributed by atoms with E-state index in [0.29, 0.717) is 39.4 Å². The Kier molecular flexibility index (Phi) is 4.33. The van der Waals surface area contributed by atoms with E-state index in [0.717, 1.165) is 11.5 Å². The van der Waals surface area contributed by atoms with Crippen molar-refractivity contribution >= 4 is 5.91 Å². The lowest BCUT2D eigenvalue weighted by atomic mass is 10.3. The molecule has 0 saturated carbocycles. The number of carbonyl (C=O) groups is 1. The van der Waals surface area contributed by atoms with Crippen molar-refractivity contribution in [3.63, 3.8) is 0 Å². The molecule has 0 unspecified atom stereocenters. The monoisotopic (exact) mass is 253 g/mol. The normalized spacial score (nSPS) is 16.3. The van der Waals surface area contributed by atoms with E-state index < -0.39 is 0 Å². The summed E-state index contributed by atoms with van der Waals surface area (Å²) in [4.78, 5) is 15.8. The van der Waals surface area contributed by atoms with Gasteiger partial charge in [0.15, 0.2) is 5.76 Å². The second-order valence-electron chi connectivity index (χ2n) is 4.60. The topological polar surface area (TPSA) is 58.8 Å². The first-order valence-electron chi connectivity index (χ1n) is 6.11. The fraction of sp³-hybridized carbons (Fsp3) is 0.667. The highest BCUT2D eigenvalue weighted by atomic mass is 16.5. The molecule has 0 aliphatic carbocycles. The highest BCUT2D eigenvalue weighted by Crippen LogP contribution is 2.06. The van der Waals surface area contributed by atoms with Crippen LogP contribution in [0.1, 0.15) is 11.5 Å². The zero-order chi connectivity index (χ0) is 13.0. The van der Waals surface area contributed by atoms with Crippen LogP contribution in [-0.2, 0) is 16.1 Å². The molecule has 18 heavy (non-hydrogen) atoms. The largest absolute Gasteiger partial charge is 0.378 e. The number of likely N-dealkylation sites (N-methyl/N-ethyl adjacent to an activating group) is 1. The number of carbonyl (C=O) groups excluding carboxylic acids is 1. The number of ether oxygens (including phenoxy) is 1. The molecule has 6 heteroatoms. The molecule has 0 aromatic carbocycles. The Morgan fingerprint density at radius 1 is 1.50 bits per heavy atom. The van der Waals surface area contributed by atoms with Crippen LogP contribution in [-0.4, -0.2) is 60.8 Å². The first-order chi connectivity index (χ1) is 8.65. The van der Waals surface area contributed by atoms with Crippen molar-refractivity contribution in [3.05, 3.63) is 17.5 Å². The number of morpholine rings is 1. The van der Waals surface area contributed by atoms with Crippen LogP contribution in [0.3, 0.4) is 0 Å². The van der Waals surface area contributed by atoms with Crippen LogP contribution in [0.4, 0.5) is 0 Å². The van der Waals surface area contributed by atoms with Gasteiger partial charge < -0.3 is 14.2 Å². The summed E-state index contributed by atoms with van der Waals surface area (Å²) in [6, 6.07) is 1.88. The Morgan fingerprint density at radius 2 is 2.22 bits per heavy atom. The second kappa shape index (κ2) is 5.97. The van der Waals surface area contributed by atoms with Gasteiger partial charge in [0.25, 0.3) is 0 Å². The fourth-order valence-electron chi connectivity index (χ4n) is 1.96. The summed E-state index contributed by atoms with van der Waals surface area (Å²) in [5, 5.41) is 3.83. The molecule has 0 radical (unpaired) electrons. The molecule has 0 spiro atoms. The highest BCUT2D eigenvalue weighted by molar-refractivity contribution is 5.78. The predicted molar refractivity (Wildman–Crippen MR) is 65.0 cm³/mol. The molecule has 2 heterocycles. The molecule has 2 rings (SSSR count). The van der Waals surface area contributed by atoms with Gasteiger partial charge in [0.2, 0.25) is 5.91 Å². The third-order valence-corrected chi connectivity index (χ3v) is 2.87. The molecule has 1 aromatic heterocycles. The van der Waals surface area contributed by atoms with Gasteiger partial charge in [0.05, 0.1) is 32.0 Å². The van der Waals surface area contributed by atoms with Crippen LogP contribution in [0.5, 0.6) is 0 Å². The standard InChI is InChI=1S/C12H19N3O3/c1-10-7-11(18-13-10)8-14(2)9-12(16)15-3-5-17-6-4-15/h7H,3-6,8-9H2,1-2H3. The van der Waals surface area contributed by atoms with E-state index in [1.165, 1.54) is 0 Å². The van der Waals surface area contributed by atoms with Gasteiger partial charge in [-0.2, -0.15) is 0 Å². The number of hydrogen-bond donors (Lipinski definition) is 0. The Hall–Kier alpha value is -1.40. The van der Waals surface area contributed by atoms with E-state index in [-0.39, 0.29) is 5.91 Å². The van der Waals surface area contributed by atoms with Gasteiger partial charge in [-0.25, -0.2) is 0 Å². The van der Waals surface area contributed by atoms with Crippen LogP contribution >= 0.6 is 0 Å². The van der Waals surface area contributed by atoms with Crippen LogP contribution in [0.2, 0.25) is 0 Å². The van der Waals surface area contributed by atoms with E-state index in [1.54, 1.807) is 0 Å². The summed E-state index contributed by atoms with van der Waals surface area (Å²) in [5.74, 6) is 0.918. The minimum absolute atomic E-state index is 0.136. The molecule has 1 amide bonds. The number of hydrogen-bond acceptors (Lipinski definition) is 5. The second-order valence-corrected chi connectivity index (χ2v) is 4.60. The summed E-state index contributed by atoms with van der Waals surface area (Å²) in [5.41, 5.74) is 0.859. The Labute approximate surface area is 106 Å². The van der Waals surface area contributed by atoms with Crippen molar-refractivity contribution in [2.45, 2.75) is 13.5 Å². The van der Waals surface area contributed by atoms with Crippen molar-refractivity contribution in [1.29, 1.82) is 0 Å². The van der Waals surface area contributed by atoms with E-state index in [4.69, 9.17) is 9.26 Å². The number of amides is 1. The van der Waals surface area contributed by atoms with E-state index >= 15 is 0 Å². The van der Waals surface area contributed by atoms with Crippen molar-refractivity contribution in [1.82, 2.24) is 15.0 Å². The van der Waals surface area contributed by atoms with E-state index in [9.17, 15) is 4.79 Å². The summed E-state index contributed by atoms with van der Waals surface area (Å²) >= 11 is 0. The van der Waals surface area contributed by atoms with Crippen LogP contribution in [0, 0.1) is 6.92 Å². The molecule has 1 saturated heterocycles. The maximum Gasteiger partial charge on any atom is 0.236 e. The molecular weight excluding hydrogens is 234 g/mol. The minimum atomic E-state index is 0.136. The predicted octanol–water partition coefficient (Wildman–Crippen LogP) is 0.274. The minimum Gasteiger partial charge on any atom is -0.378 e. The quantitative estimate of drug-likeness (QED) is 0.771. The van der Waals surface area contributed by atoms with Crippen LogP contribution in [0.15, 0.2) is 10.6 Å². The summed E-state index contributed by atoms with van der Waals surface area (Å²) in [6.45, 7) is 5.51. The Morgan fingerprint density at radius 3 is 2.83 bits per heavy atom. The molecule has 1 aromatic rings. The number of rotatable bonds is 4. The average Bonchev–Trinajstić information content (AvgIpc) is 2.75. The number of nitrogens with zero attached hydrogens (tertiary/aromatic N) is 3. The van der Waals surface area contributed by atoms with Gasteiger partial charge in [0.1, 0.15) is 0 Å². The van der Waals surface area contributed by atoms with Gasteiger partial charge in [-0.3, -0.25) is 9.69 Å². The first kappa shape index (κ1) is 13.0. The smallest absolute Gasteiger partial charge is 0.236 e. The SMILES string of the molecule is Cc1cc(CN(C)CC(=O)N2CCOCC2)on1. The van der Waals surface area contributed by atoms with Gasteiger partial charge in [-0.1, -0.05) is 5.16 Å². The Bertz CT molecular complexity index is 399. The maximum absolute atomic E-state index is 12.0. The van der Waals surface area contributed by atoms with Gasteiger partial charge in [-0.15, -0.1) is 0 Å². The summed E-state index contributed by atoms with van der Waals surface area (Å²) in [6.07, 6.45) is 0. The van der Waals surface area contributed by atoms with E-state index in [2.05, 4.69) is 5.16 Å². The molecule has 1 fully saturated rings. The Balaban J connectivity index is 1.79.